The second-order valence-corrected chi connectivity index (χ2v) is 8.38. The first kappa shape index (κ1) is 21.8. The van der Waals surface area contributed by atoms with Gasteiger partial charge in [0, 0.05) is 30.4 Å². The Morgan fingerprint density at radius 1 is 0.853 bits per heavy atom. The zero-order chi connectivity index (χ0) is 23.3. The Kier molecular flexibility index (Phi) is 6.29. The fraction of sp³-hybridized carbons (Fsp3) is 0.214. The monoisotopic (exact) mass is 453 g/mol. The van der Waals surface area contributed by atoms with E-state index >= 15 is 0 Å². The van der Waals surface area contributed by atoms with Gasteiger partial charge in [-0.2, -0.15) is 0 Å². The van der Waals surface area contributed by atoms with Crippen LogP contribution < -0.4 is 10.1 Å². The van der Waals surface area contributed by atoms with Gasteiger partial charge in [-0.25, -0.2) is 0 Å². The van der Waals surface area contributed by atoms with Crippen molar-refractivity contribution < 1.29 is 14.3 Å². The average molecular weight is 454 g/mol. The second kappa shape index (κ2) is 9.83. The summed E-state index contributed by atoms with van der Waals surface area (Å²) in [4.78, 5) is 28.8. The summed E-state index contributed by atoms with van der Waals surface area (Å²) in [6.07, 6.45) is 0.782. The Bertz CT molecular complexity index is 1300. The third-order valence-electron chi connectivity index (χ3n) is 6.11. The minimum absolute atomic E-state index is 0.0380. The van der Waals surface area contributed by atoms with Gasteiger partial charge in [0.1, 0.15) is 23.7 Å². The van der Waals surface area contributed by atoms with Crippen molar-refractivity contribution in [3.05, 3.63) is 102 Å². The number of hydrogen-bond donors (Lipinski definition) is 1. The molecule has 6 heteroatoms. The molecule has 2 heterocycles. The van der Waals surface area contributed by atoms with Gasteiger partial charge in [0.25, 0.3) is 11.8 Å². The quantitative estimate of drug-likeness (QED) is 0.419. The molecule has 0 aliphatic carbocycles. The summed E-state index contributed by atoms with van der Waals surface area (Å²) < 4.78 is 7.61. The third-order valence-corrected chi connectivity index (χ3v) is 6.11. The first-order valence-corrected chi connectivity index (χ1v) is 11.6. The lowest BCUT2D eigenvalue weighted by Crippen LogP contribution is -2.31. The van der Waals surface area contributed by atoms with Gasteiger partial charge in [0.05, 0.1) is 6.54 Å². The molecule has 6 nitrogen and oxygen atoms in total. The van der Waals surface area contributed by atoms with E-state index in [0.29, 0.717) is 44.2 Å². The number of para-hydroxylation sites is 1. The number of carbonyl (C=O) groups is 2. The smallest absolute Gasteiger partial charge is 0.271 e. The first-order chi connectivity index (χ1) is 16.7. The predicted molar refractivity (Wildman–Crippen MR) is 132 cm³/mol. The normalized spacial score (nSPS) is 13.4. The molecule has 0 saturated heterocycles. The number of hydrogen-bond acceptors (Lipinski definition) is 3. The average Bonchev–Trinajstić information content (AvgIpc) is 3.12. The maximum absolute atomic E-state index is 13.7. The Hall–Kier alpha value is -4.06. The van der Waals surface area contributed by atoms with Crippen LogP contribution in [0.25, 0.3) is 10.8 Å². The highest BCUT2D eigenvalue weighted by molar-refractivity contribution is 6.14. The molecule has 0 saturated carbocycles. The zero-order valence-corrected chi connectivity index (χ0v) is 18.9. The molecule has 1 aliphatic rings. The van der Waals surface area contributed by atoms with Crippen LogP contribution in [-0.2, 0) is 13.1 Å². The number of fused-ring (bicyclic) bond motifs is 3. The van der Waals surface area contributed by atoms with Gasteiger partial charge < -0.3 is 19.5 Å². The van der Waals surface area contributed by atoms with Crippen molar-refractivity contribution >= 4 is 22.6 Å². The van der Waals surface area contributed by atoms with E-state index in [2.05, 4.69) is 5.32 Å². The molecule has 1 N–H and O–H groups in total. The lowest BCUT2D eigenvalue weighted by molar-refractivity contribution is 0.0748. The summed E-state index contributed by atoms with van der Waals surface area (Å²) >= 11 is 0. The van der Waals surface area contributed by atoms with Gasteiger partial charge in [0.15, 0.2) is 0 Å². The van der Waals surface area contributed by atoms with Crippen molar-refractivity contribution in [1.82, 2.24) is 14.8 Å². The van der Waals surface area contributed by atoms with E-state index in [4.69, 9.17) is 4.74 Å². The molecule has 4 aromatic rings. The SMILES string of the molecule is O=C(NCCOc1ccccc1)c1c2ccccc2c2n1CCCN(Cc1ccccc1)C2=O. The molecule has 2 amide bonds. The van der Waals surface area contributed by atoms with Crippen molar-refractivity contribution in [3.8, 4) is 5.75 Å². The van der Waals surface area contributed by atoms with Crippen LogP contribution in [0.5, 0.6) is 5.75 Å². The van der Waals surface area contributed by atoms with Crippen LogP contribution >= 0.6 is 0 Å². The fourth-order valence-corrected chi connectivity index (χ4v) is 4.56. The van der Waals surface area contributed by atoms with E-state index in [-0.39, 0.29) is 11.8 Å². The van der Waals surface area contributed by atoms with Crippen molar-refractivity contribution in [3.63, 3.8) is 0 Å². The highest BCUT2D eigenvalue weighted by Crippen LogP contribution is 2.30. The predicted octanol–water partition coefficient (Wildman–Crippen LogP) is 4.50. The van der Waals surface area contributed by atoms with E-state index in [1.54, 1.807) is 0 Å². The van der Waals surface area contributed by atoms with Crippen LogP contribution in [0.2, 0.25) is 0 Å². The molecular weight excluding hydrogens is 426 g/mol. The van der Waals surface area contributed by atoms with Gasteiger partial charge in [-0.05, 0) is 24.1 Å². The van der Waals surface area contributed by atoms with Gasteiger partial charge in [-0.15, -0.1) is 0 Å². The molecule has 5 rings (SSSR count). The van der Waals surface area contributed by atoms with Crippen LogP contribution in [0.3, 0.4) is 0 Å². The lowest BCUT2D eigenvalue weighted by atomic mass is 10.1. The first-order valence-electron chi connectivity index (χ1n) is 11.6. The number of benzene rings is 3. The molecule has 1 aliphatic heterocycles. The Balaban J connectivity index is 1.39. The number of nitrogens with one attached hydrogen (secondary N) is 1. The second-order valence-electron chi connectivity index (χ2n) is 8.38. The number of carbonyl (C=O) groups excluding carboxylic acids is 2. The number of ether oxygens (including phenoxy) is 1. The summed E-state index contributed by atoms with van der Waals surface area (Å²) in [5.41, 5.74) is 2.23. The number of rotatable bonds is 7. The minimum atomic E-state index is -0.191. The maximum Gasteiger partial charge on any atom is 0.271 e. The number of amides is 2. The van der Waals surface area contributed by atoms with Crippen molar-refractivity contribution in [2.75, 3.05) is 19.7 Å². The van der Waals surface area contributed by atoms with Crippen molar-refractivity contribution in [2.24, 2.45) is 0 Å². The Morgan fingerprint density at radius 3 is 2.29 bits per heavy atom. The number of nitrogens with zero attached hydrogens (tertiary/aromatic N) is 2. The lowest BCUT2D eigenvalue weighted by Gasteiger charge is -2.20. The molecule has 3 aromatic carbocycles. The standard InChI is InChI=1S/C28H27N3O3/c32-27(29-16-19-34-22-12-5-2-6-13-22)25-23-14-7-8-15-24(23)26-28(33)30(17-9-18-31(25)26)20-21-10-3-1-4-11-21/h1-8,10-15H,9,16-20H2,(H,29,32). The van der Waals surface area contributed by atoms with Gasteiger partial charge in [0.2, 0.25) is 0 Å². The molecule has 0 atom stereocenters. The van der Waals surface area contributed by atoms with Crippen molar-refractivity contribution in [1.29, 1.82) is 0 Å². The summed E-state index contributed by atoms with van der Waals surface area (Å²) in [5, 5.41) is 4.59. The minimum Gasteiger partial charge on any atom is -0.492 e. The molecular formula is C28H27N3O3. The highest BCUT2D eigenvalue weighted by atomic mass is 16.5. The van der Waals surface area contributed by atoms with E-state index in [1.807, 2.05) is 94.4 Å². The van der Waals surface area contributed by atoms with E-state index in [9.17, 15) is 9.59 Å². The largest absolute Gasteiger partial charge is 0.492 e. The Morgan fingerprint density at radius 2 is 1.53 bits per heavy atom. The fourth-order valence-electron chi connectivity index (χ4n) is 4.56. The van der Waals surface area contributed by atoms with Gasteiger partial charge >= 0.3 is 0 Å². The summed E-state index contributed by atoms with van der Waals surface area (Å²) in [6.45, 7) is 2.55. The summed E-state index contributed by atoms with van der Waals surface area (Å²) in [6, 6.07) is 27.2. The molecule has 0 fully saturated rings. The van der Waals surface area contributed by atoms with E-state index in [0.717, 1.165) is 28.5 Å². The zero-order valence-electron chi connectivity index (χ0n) is 18.9. The Labute approximate surface area is 198 Å². The molecule has 0 bridgehead atoms. The van der Waals surface area contributed by atoms with Crippen LogP contribution in [0, 0.1) is 0 Å². The highest BCUT2D eigenvalue weighted by Gasteiger charge is 2.30. The van der Waals surface area contributed by atoms with E-state index in [1.165, 1.54) is 0 Å². The molecule has 172 valence electrons. The van der Waals surface area contributed by atoms with Crippen molar-refractivity contribution in [2.45, 2.75) is 19.5 Å². The summed E-state index contributed by atoms with van der Waals surface area (Å²) in [5.74, 6) is 0.537. The summed E-state index contributed by atoms with van der Waals surface area (Å²) in [7, 11) is 0. The third kappa shape index (κ3) is 4.39. The molecule has 0 spiro atoms. The van der Waals surface area contributed by atoms with Crippen LogP contribution in [0.15, 0.2) is 84.9 Å². The van der Waals surface area contributed by atoms with Crippen LogP contribution in [0.4, 0.5) is 0 Å². The van der Waals surface area contributed by atoms with Crippen LogP contribution in [0.1, 0.15) is 33.0 Å². The topological polar surface area (TPSA) is 63.6 Å². The number of aromatic nitrogens is 1. The van der Waals surface area contributed by atoms with Gasteiger partial charge in [-0.3, -0.25) is 9.59 Å². The maximum atomic E-state index is 13.7. The van der Waals surface area contributed by atoms with Crippen LogP contribution in [-0.4, -0.2) is 41.0 Å². The molecule has 0 unspecified atom stereocenters. The molecule has 1 aromatic heterocycles. The van der Waals surface area contributed by atoms with E-state index < -0.39 is 0 Å². The van der Waals surface area contributed by atoms with Gasteiger partial charge in [-0.1, -0.05) is 72.8 Å². The molecule has 34 heavy (non-hydrogen) atoms. The molecule has 0 radical (unpaired) electrons.